The van der Waals surface area contributed by atoms with Crippen LogP contribution in [0.1, 0.15) is 32.7 Å². The molecule has 4 heterocycles. The van der Waals surface area contributed by atoms with E-state index in [1.165, 1.54) is 19.4 Å². The third-order valence-corrected chi connectivity index (χ3v) is 6.30. The molecule has 3 N–H and O–H groups in total. The third-order valence-electron chi connectivity index (χ3n) is 6.30. The lowest BCUT2D eigenvalue weighted by Gasteiger charge is -2.18. The van der Waals surface area contributed by atoms with Gasteiger partial charge in [0.25, 0.3) is 11.8 Å². The number of pyridine rings is 1. The quantitative estimate of drug-likeness (QED) is 0.410. The first kappa shape index (κ1) is 25.0. The molecule has 1 fully saturated rings. The summed E-state index contributed by atoms with van der Waals surface area (Å²) in [5.74, 6) is -1.02. The number of aromatic nitrogens is 4. The summed E-state index contributed by atoms with van der Waals surface area (Å²) in [5, 5.41) is 6.81. The van der Waals surface area contributed by atoms with Gasteiger partial charge in [-0.2, -0.15) is 18.3 Å². The predicted octanol–water partition coefficient (Wildman–Crippen LogP) is 3.05. The average molecular weight is 525 g/mol. The van der Waals surface area contributed by atoms with Gasteiger partial charge in [-0.3, -0.25) is 9.59 Å². The molecule has 0 aliphatic carbocycles. The summed E-state index contributed by atoms with van der Waals surface area (Å²) in [6.45, 7) is 0.773. The normalized spacial score (nSPS) is 15.6. The molecular formula is C25H22F3N7O3. The molecule has 1 aromatic carbocycles. The van der Waals surface area contributed by atoms with Crippen LogP contribution in [0.3, 0.4) is 0 Å². The number of nitrogens with one attached hydrogen (secondary N) is 1. The van der Waals surface area contributed by atoms with E-state index in [4.69, 9.17) is 10.5 Å². The van der Waals surface area contributed by atoms with Gasteiger partial charge >= 0.3 is 6.18 Å². The zero-order valence-corrected chi connectivity index (χ0v) is 20.1. The second-order valence-electron chi connectivity index (χ2n) is 8.70. The molecule has 1 aliphatic rings. The molecule has 0 unspecified atom stereocenters. The second-order valence-corrected chi connectivity index (χ2v) is 8.70. The highest BCUT2D eigenvalue weighted by molar-refractivity contribution is 5.98. The molecule has 0 radical (unpaired) electrons. The lowest BCUT2D eigenvalue weighted by Crippen LogP contribution is -2.38. The number of nitrogens with two attached hydrogens (primary N) is 1. The minimum absolute atomic E-state index is 0.00693. The number of hydrogen-bond acceptors (Lipinski definition) is 7. The summed E-state index contributed by atoms with van der Waals surface area (Å²) in [5.41, 5.74) is 5.10. The maximum Gasteiger partial charge on any atom is 0.418 e. The zero-order chi connectivity index (χ0) is 27.0. The van der Waals surface area contributed by atoms with Gasteiger partial charge in [-0.25, -0.2) is 14.5 Å². The molecule has 38 heavy (non-hydrogen) atoms. The first-order valence-corrected chi connectivity index (χ1v) is 11.6. The predicted molar refractivity (Wildman–Crippen MR) is 130 cm³/mol. The average Bonchev–Trinajstić information content (AvgIpc) is 3.54. The smallest absolute Gasteiger partial charge is 0.418 e. The number of hydrogen-bond donors (Lipinski definition) is 2. The number of fused-ring (bicyclic) bond motifs is 1. The molecule has 3 aromatic heterocycles. The molecule has 0 bridgehead atoms. The van der Waals surface area contributed by atoms with Crippen molar-refractivity contribution in [3.05, 3.63) is 71.7 Å². The number of amides is 2. The van der Waals surface area contributed by atoms with Crippen molar-refractivity contribution < 1.29 is 27.5 Å². The van der Waals surface area contributed by atoms with Crippen molar-refractivity contribution in [1.82, 2.24) is 29.8 Å². The Kier molecular flexibility index (Phi) is 6.35. The zero-order valence-electron chi connectivity index (χ0n) is 20.1. The summed E-state index contributed by atoms with van der Waals surface area (Å²) in [4.78, 5) is 35.4. The molecule has 1 aliphatic heterocycles. The van der Waals surface area contributed by atoms with Crippen LogP contribution >= 0.6 is 0 Å². The number of carbonyl (C=O) groups excluding carboxylic acids is 2. The largest absolute Gasteiger partial charge is 0.480 e. The number of ether oxygens (including phenoxy) is 1. The number of anilines is 1. The van der Waals surface area contributed by atoms with E-state index in [0.29, 0.717) is 25.1 Å². The molecule has 1 atom stereocenters. The minimum Gasteiger partial charge on any atom is -0.480 e. The Labute approximate surface area is 214 Å². The highest BCUT2D eigenvalue weighted by Gasteiger charge is 2.37. The molecule has 1 saturated heterocycles. The van der Waals surface area contributed by atoms with Gasteiger partial charge in [-0.05, 0) is 30.7 Å². The van der Waals surface area contributed by atoms with Gasteiger partial charge in [0.05, 0.1) is 18.4 Å². The number of carbonyl (C=O) groups is 2. The number of halogens is 3. The lowest BCUT2D eigenvalue weighted by atomic mass is 10.1. The fraction of sp³-hybridized carbons (Fsp3) is 0.240. The Bertz CT molecular complexity index is 1520. The van der Waals surface area contributed by atoms with E-state index in [0.717, 1.165) is 16.9 Å². The number of nitrogens with zero attached hydrogens (tertiary/aromatic N) is 5. The Morgan fingerprint density at radius 1 is 1.16 bits per heavy atom. The Morgan fingerprint density at radius 2 is 1.92 bits per heavy atom. The van der Waals surface area contributed by atoms with E-state index in [-0.39, 0.29) is 40.5 Å². The summed E-state index contributed by atoms with van der Waals surface area (Å²) >= 11 is 0. The Balaban J connectivity index is 1.42. The van der Waals surface area contributed by atoms with Crippen molar-refractivity contribution in [2.24, 2.45) is 0 Å². The summed E-state index contributed by atoms with van der Waals surface area (Å²) in [7, 11) is 1.33. The maximum atomic E-state index is 13.7. The van der Waals surface area contributed by atoms with Gasteiger partial charge in [-0.15, -0.1) is 0 Å². The number of alkyl halides is 3. The third kappa shape index (κ3) is 4.58. The van der Waals surface area contributed by atoms with Crippen LogP contribution in [0.25, 0.3) is 16.8 Å². The van der Waals surface area contributed by atoms with Gasteiger partial charge in [-0.1, -0.05) is 18.2 Å². The van der Waals surface area contributed by atoms with E-state index >= 15 is 0 Å². The summed E-state index contributed by atoms with van der Waals surface area (Å²) < 4.78 is 47.4. The number of nitrogen functional groups attached to an aromatic ring is 1. The maximum absolute atomic E-state index is 13.7. The van der Waals surface area contributed by atoms with Gasteiger partial charge in [0.1, 0.15) is 17.4 Å². The van der Waals surface area contributed by atoms with Crippen LogP contribution in [-0.4, -0.2) is 62.5 Å². The summed E-state index contributed by atoms with van der Waals surface area (Å²) in [6, 6.07) is 10.8. The van der Waals surface area contributed by atoms with E-state index in [9.17, 15) is 22.8 Å². The van der Waals surface area contributed by atoms with Gasteiger partial charge in [0.15, 0.2) is 5.82 Å². The fourth-order valence-corrected chi connectivity index (χ4v) is 4.50. The van der Waals surface area contributed by atoms with Gasteiger partial charge < -0.3 is 20.7 Å². The molecule has 13 heteroatoms. The molecule has 2 amide bonds. The minimum atomic E-state index is -4.71. The molecule has 4 aromatic rings. The van der Waals surface area contributed by atoms with Crippen LogP contribution in [0.15, 0.2) is 55.0 Å². The van der Waals surface area contributed by atoms with Crippen LogP contribution in [0.2, 0.25) is 0 Å². The molecule has 5 rings (SSSR count). The van der Waals surface area contributed by atoms with Crippen LogP contribution in [-0.2, 0) is 6.18 Å². The fourth-order valence-electron chi connectivity index (χ4n) is 4.50. The van der Waals surface area contributed by atoms with Crippen LogP contribution < -0.4 is 15.8 Å². The van der Waals surface area contributed by atoms with Gasteiger partial charge in [0, 0.05) is 36.5 Å². The topological polar surface area (TPSA) is 128 Å². The SMILES string of the molecule is COc1ncc(-c2cc(C(F)(F)F)c3c(N)ncnn23)cc1C(=O)N[C@H]1CCN(C(=O)c2ccccc2)C1. The molecule has 196 valence electrons. The first-order valence-electron chi connectivity index (χ1n) is 11.6. The van der Waals surface area contributed by atoms with Crippen molar-refractivity contribution in [3.8, 4) is 17.1 Å². The van der Waals surface area contributed by atoms with Crippen molar-refractivity contribution >= 4 is 23.1 Å². The number of likely N-dealkylation sites (tertiary alicyclic amines) is 1. The number of benzene rings is 1. The second kappa shape index (κ2) is 9.65. The van der Waals surface area contributed by atoms with Crippen molar-refractivity contribution in [2.75, 3.05) is 25.9 Å². The molecule has 10 nitrogen and oxygen atoms in total. The van der Waals surface area contributed by atoms with Crippen LogP contribution in [0.5, 0.6) is 5.88 Å². The highest BCUT2D eigenvalue weighted by Crippen LogP contribution is 2.39. The van der Waals surface area contributed by atoms with E-state index < -0.39 is 23.2 Å². The molecule has 0 spiro atoms. The number of rotatable bonds is 5. The van der Waals surface area contributed by atoms with Gasteiger partial charge in [0.2, 0.25) is 5.88 Å². The molecule has 0 saturated carbocycles. The van der Waals surface area contributed by atoms with Crippen LogP contribution in [0.4, 0.5) is 19.0 Å². The highest BCUT2D eigenvalue weighted by atomic mass is 19.4. The van der Waals surface area contributed by atoms with Crippen molar-refractivity contribution in [1.29, 1.82) is 0 Å². The number of methoxy groups -OCH3 is 1. The summed E-state index contributed by atoms with van der Waals surface area (Å²) in [6.07, 6.45) is -1.85. The Morgan fingerprint density at radius 3 is 2.63 bits per heavy atom. The van der Waals surface area contributed by atoms with Crippen molar-refractivity contribution in [3.63, 3.8) is 0 Å². The van der Waals surface area contributed by atoms with E-state index in [1.54, 1.807) is 29.2 Å². The van der Waals surface area contributed by atoms with E-state index in [2.05, 4.69) is 20.4 Å². The first-order chi connectivity index (χ1) is 18.2. The van der Waals surface area contributed by atoms with Crippen molar-refractivity contribution in [2.45, 2.75) is 18.6 Å². The van der Waals surface area contributed by atoms with Crippen LogP contribution in [0, 0.1) is 0 Å². The Hall–Kier alpha value is -4.68. The lowest BCUT2D eigenvalue weighted by molar-refractivity contribution is -0.136. The van der Waals surface area contributed by atoms with E-state index in [1.807, 2.05) is 6.07 Å². The standard InChI is InChI=1S/C25H22F3N7O3/c1-38-23-17(22(36)33-16-7-8-34(12-16)24(37)14-5-3-2-4-6-14)9-15(11-30-23)19-10-18(25(26,27)28)20-21(29)31-13-32-35(19)20/h2-6,9-11,13,16H,7-8,12H2,1H3,(H,33,36)(H2,29,31,32)/t16-/m0/s1. The molecular weight excluding hydrogens is 503 g/mol. The monoisotopic (exact) mass is 525 g/mol.